The first-order valence-corrected chi connectivity index (χ1v) is 9.00. The lowest BCUT2D eigenvalue weighted by Gasteiger charge is -2.21. The van der Waals surface area contributed by atoms with Gasteiger partial charge in [-0.2, -0.15) is 9.40 Å². The topological polar surface area (TPSA) is 75.4 Å². The van der Waals surface area contributed by atoms with Crippen LogP contribution >= 0.6 is 0 Å². The Morgan fingerprint density at radius 1 is 1.38 bits per heavy atom. The van der Waals surface area contributed by atoms with Crippen LogP contribution in [-0.4, -0.2) is 47.3 Å². The van der Waals surface area contributed by atoms with E-state index in [1.165, 1.54) is 0 Å². The van der Waals surface area contributed by atoms with E-state index in [1.807, 2.05) is 6.92 Å². The van der Waals surface area contributed by atoms with Crippen LogP contribution in [-0.2, 0) is 16.6 Å². The molecule has 120 valence electrons. The van der Waals surface area contributed by atoms with Gasteiger partial charge in [-0.1, -0.05) is 6.92 Å². The lowest BCUT2D eigenvalue weighted by atomic mass is 10.4. The fourth-order valence-electron chi connectivity index (χ4n) is 2.64. The average molecular weight is 315 g/mol. The number of aliphatic hydroxyl groups excluding tert-OH is 1. The summed E-state index contributed by atoms with van der Waals surface area (Å²) >= 11 is 0. The zero-order valence-corrected chi connectivity index (χ0v) is 13.9. The normalized spacial score (nSPS) is 15.9. The molecule has 1 aromatic rings. The van der Waals surface area contributed by atoms with E-state index in [1.54, 1.807) is 22.8 Å². The Morgan fingerprint density at radius 3 is 2.57 bits per heavy atom. The van der Waals surface area contributed by atoms with Gasteiger partial charge < -0.3 is 5.11 Å². The molecule has 1 saturated carbocycles. The molecule has 0 spiro atoms. The number of hydrogen-bond donors (Lipinski definition) is 1. The van der Waals surface area contributed by atoms with Crippen molar-refractivity contribution < 1.29 is 13.5 Å². The van der Waals surface area contributed by atoms with Crippen LogP contribution in [0.2, 0.25) is 0 Å². The second kappa shape index (κ2) is 6.46. The van der Waals surface area contributed by atoms with Crippen LogP contribution in [0, 0.1) is 19.8 Å². The van der Waals surface area contributed by atoms with Crippen LogP contribution in [0.4, 0.5) is 0 Å². The van der Waals surface area contributed by atoms with Crippen molar-refractivity contribution in [1.82, 2.24) is 14.1 Å². The molecule has 1 fully saturated rings. The maximum atomic E-state index is 13.0. The van der Waals surface area contributed by atoms with Gasteiger partial charge in [0, 0.05) is 13.1 Å². The number of aromatic nitrogens is 2. The Morgan fingerprint density at radius 2 is 2.05 bits per heavy atom. The summed E-state index contributed by atoms with van der Waals surface area (Å²) in [6, 6.07) is 0. The van der Waals surface area contributed by atoms with Gasteiger partial charge in [0.25, 0.3) is 0 Å². The molecular weight excluding hydrogens is 290 g/mol. The summed E-state index contributed by atoms with van der Waals surface area (Å²) in [7, 11) is -3.51. The molecule has 0 unspecified atom stereocenters. The molecule has 7 heteroatoms. The highest BCUT2D eigenvalue weighted by atomic mass is 32.2. The number of aryl methyl sites for hydroxylation is 1. The van der Waals surface area contributed by atoms with Crippen molar-refractivity contribution in [3.63, 3.8) is 0 Å². The molecule has 0 saturated heterocycles. The van der Waals surface area contributed by atoms with Gasteiger partial charge in [0.05, 0.1) is 24.5 Å². The van der Waals surface area contributed by atoms with Crippen LogP contribution < -0.4 is 0 Å². The molecule has 1 heterocycles. The molecule has 21 heavy (non-hydrogen) atoms. The lowest BCUT2D eigenvalue weighted by Crippen LogP contribution is -2.34. The second-order valence-corrected chi connectivity index (χ2v) is 7.63. The summed E-state index contributed by atoms with van der Waals surface area (Å²) in [5.74, 6) is 0.513. The maximum Gasteiger partial charge on any atom is 0.246 e. The minimum Gasteiger partial charge on any atom is -0.394 e. The van der Waals surface area contributed by atoms with Gasteiger partial charge in [-0.15, -0.1) is 0 Å². The third-order valence-corrected chi connectivity index (χ3v) is 5.97. The molecule has 0 radical (unpaired) electrons. The first-order chi connectivity index (χ1) is 9.91. The van der Waals surface area contributed by atoms with E-state index in [0.29, 0.717) is 41.8 Å². The van der Waals surface area contributed by atoms with Crippen LogP contribution in [0.1, 0.15) is 37.6 Å². The molecule has 0 atom stereocenters. The quantitative estimate of drug-likeness (QED) is 0.784. The molecule has 6 nitrogen and oxygen atoms in total. The molecule has 1 aromatic heterocycles. The van der Waals surface area contributed by atoms with Crippen LogP contribution in [0.25, 0.3) is 0 Å². The molecule has 1 aliphatic carbocycles. The van der Waals surface area contributed by atoms with Gasteiger partial charge in [-0.25, -0.2) is 8.42 Å². The molecule has 1 N–H and O–H groups in total. The summed E-state index contributed by atoms with van der Waals surface area (Å²) in [4.78, 5) is 0.310. The summed E-state index contributed by atoms with van der Waals surface area (Å²) in [6.07, 6.45) is 3.05. The van der Waals surface area contributed by atoms with Crippen LogP contribution in [0.3, 0.4) is 0 Å². The summed E-state index contributed by atoms with van der Waals surface area (Å²) in [5.41, 5.74) is 1.12. The fourth-order valence-corrected chi connectivity index (χ4v) is 4.62. The van der Waals surface area contributed by atoms with Crippen molar-refractivity contribution in [3.05, 3.63) is 11.4 Å². The number of hydrogen-bond acceptors (Lipinski definition) is 4. The van der Waals surface area contributed by atoms with Crippen molar-refractivity contribution >= 4 is 10.0 Å². The van der Waals surface area contributed by atoms with Crippen LogP contribution in [0.15, 0.2) is 4.90 Å². The zero-order chi connectivity index (χ0) is 15.6. The van der Waals surface area contributed by atoms with Gasteiger partial charge in [0.1, 0.15) is 4.90 Å². The number of aliphatic hydroxyl groups is 1. The van der Waals surface area contributed by atoms with E-state index in [2.05, 4.69) is 5.10 Å². The highest BCUT2D eigenvalue weighted by Crippen LogP contribution is 2.32. The Labute approximate surface area is 126 Å². The summed E-state index contributed by atoms with van der Waals surface area (Å²) in [5, 5.41) is 13.3. The zero-order valence-electron chi connectivity index (χ0n) is 13.0. The fraction of sp³-hybridized carbons (Fsp3) is 0.786. The Bertz CT molecular complexity index is 591. The number of nitrogens with zero attached hydrogens (tertiary/aromatic N) is 3. The molecular formula is C14H25N3O3S. The molecule has 2 rings (SSSR count). The number of sulfonamides is 1. The van der Waals surface area contributed by atoms with E-state index in [-0.39, 0.29) is 6.61 Å². The van der Waals surface area contributed by atoms with Crippen molar-refractivity contribution in [3.8, 4) is 0 Å². The minimum atomic E-state index is -3.51. The first-order valence-electron chi connectivity index (χ1n) is 7.56. The largest absolute Gasteiger partial charge is 0.394 e. The van der Waals surface area contributed by atoms with Gasteiger partial charge in [0.2, 0.25) is 10.0 Å². The summed E-state index contributed by atoms with van der Waals surface area (Å²) in [6.45, 7) is 6.88. The molecule has 0 amide bonds. The van der Waals surface area contributed by atoms with E-state index >= 15 is 0 Å². The predicted octanol–water partition coefficient (Wildman–Crippen LogP) is 1.30. The Hall–Kier alpha value is -0.920. The number of rotatable bonds is 8. The smallest absolute Gasteiger partial charge is 0.246 e. The van der Waals surface area contributed by atoms with E-state index in [9.17, 15) is 8.42 Å². The van der Waals surface area contributed by atoms with Gasteiger partial charge >= 0.3 is 0 Å². The second-order valence-electron chi connectivity index (χ2n) is 5.75. The van der Waals surface area contributed by atoms with Gasteiger partial charge in [0.15, 0.2) is 0 Å². The van der Waals surface area contributed by atoms with E-state index < -0.39 is 10.0 Å². The monoisotopic (exact) mass is 315 g/mol. The Balaban J connectivity index is 2.36. The molecule has 0 bridgehead atoms. The van der Waals surface area contributed by atoms with Crippen molar-refractivity contribution in [1.29, 1.82) is 0 Å². The highest BCUT2D eigenvalue weighted by Gasteiger charge is 2.34. The lowest BCUT2D eigenvalue weighted by molar-refractivity contribution is 0.267. The standard InChI is InChI=1S/C14H25N3O3S/c1-4-7-16(10-13-5-6-13)21(19,20)14-11(2)15-17(8-9-18)12(14)3/h13,18H,4-10H2,1-3H3. The summed E-state index contributed by atoms with van der Waals surface area (Å²) < 4.78 is 29.1. The minimum absolute atomic E-state index is 0.0534. The maximum absolute atomic E-state index is 13.0. The predicted molar refractivity (Wildman–Crippen MR) is 80.6 cm³/mol. The SMILES string of the molecule is CCCN(CC1CC1)S(=O)(=O)c1c(C)nn(CCO)c1C. The van der Waals surface area contributed by atoms with Crippen molar-refractivity contribution in [2.24, 2.45) is 5.92 Å². The van der Waals surface area contributed by atoms with Crippen molar-refractivity contribution in [2.75, 3.05) is 19.7 Å². The molecule has 1 aliphatic rings. The van der Waals surface area contributed by atoms with Crippen LogP contribution in [0.5, 0.6) is 0 Å². The third-order valence-electron chi connectivity index (χ3n) is 3.86. The van der Waals surface area contributed by atoms with E-state index in [0.717, 1.165) is 19.3 Å². The molecule has 0 aliphatic heterocycles. The van der Waals surface area contributed by atoms with Gasteiger partial charge in [-0.3, -0.25) is 4.68 Å². The highest BCUT2D eigenvalue weighted by molar-refractivity contribution is 7.89. The average Bonchev–Trinajstić information content (AvgIpc) is 3.16. The van der Waals surface area contributed by atoms with Gasteiger partial charge in [-0.05, 0) is 39.0 Å². The molecule has 0 aromatic carbocycles. The van der Waals surface area contributed by atoms with Crippen molar-refractivity contribution in [2.45, 2.75) is 51.5 Å². The first kappa shape index (κ1) is 16.5. The third kappa shape index (κ3) is 3.46. The Kier molecular flexibility index (Phi) is 5.06. The van der Waals surface area contributed by atoms with E-state index in [4.69, 9.17) is 5.11 Å².